The molecule has 1 aliphatic heterocycles. The van der Waals surface area contributed by atoms with Crippen molar-refractivity contribution in [3.05, 3.63) is 18.5 Å². The zero-order valence-electron chi connectivity index (χ0n) is 12.8. The van der Waals surface area contributed by atoms with Gasteiger partial charge in [0, 0.05) is 30.1 Å². The molecule has 1 amide bonds. The topological polar surface area (TPSA) is 66.9 Å². The van der Waals surface area contributed by atoms with Crippen LogP contribution in [0.4, 0.5) is 0 Å². The number of nitrogens with one attached hydrogen (secondary N) is 2. The first kappa shape index (κ1) is 15.7. The highest BCUT2D eigenvalue weighted by Crippen LogP contribution is 2.31. The Hall–Kier alpha value is -1.14. The molecule has 1 atom stereocenters. The van der Waals surface area contributed by atoms with Gasteiger partial charge in [0.1, 0.15) is 0 Å². The fourth-order valence-corrected chi connectivity index (χ4v) is 4.31. The number of rotatable bonds is 5. The first-order valence-corrected chi connectivity index (χ1v) is 9.11. The Bertz CT molecular complexity index is 470. The highest BCUT2D eigenvalue weighted by atomic mass is 32.2. The molecule has 0 spiro atoms. The molecule has 5 nitrogen and oxygen atoms in total. The summed E-state index contributed by atoms with van der Waals surface area (Å²) in [6.07, 6.45) is 9.78. The van der Waals surface area contributed by atoms with Gasteiger partial charge < -0.3 is 10.6 Å². The lowest BCUT2D eigenvalue weighted by atomic mass is 9.94. The monoisotopic (exact) mass is 320 g/mol. The third-order valence-corrected chi connectivity index (χ3v) is 5.72. The van der Waals surface area contributed by atoms with Crippen molar-refractivity contribution in [2.75, 3.05) is 13.1 Å². The second-order valence-corrected chi connectivity index (χ2v) is 7.52. The zero-order chi connectivity index (χ0) is 15.2. The fraction of sp³-hybridized carbons (Fsp3) is 0.688. The molecular weight excluding hydrogens is 296 g/mol. The standard InChI is InChI=1S/C16H24N4OS/c21-15(10-12-6-9-17-11-12)20-13-2-4-14(5-3-13)22-16-18-7-1-8-19-16/h1,7-8,12-14,17H,2-6,9-11H2,(H,20,21). The van der Waals surface area contributed by atoms with Crippen LogP contribution in [-0.2, 0) is 4.79 Å². The minimum atomic E-state index is 0.233. The van der Waals surface area contributed by atoms with Gasteiger partial charge in [0.05, 0.1) is 0 Å². The van der Waals surface area contributed by atoms with E-state index in [0.29, 0.717) is 23.6 Å². The molecule has 1 unspecified atom stereocenters. The van der Waals surface area contributed by atoms with Crippen molar-refractivity contribution < 1.29 is 4.79 Å². The maximum atomic E-state index is 12.1. The molecule has 120 valence electrons. The fourth-order valence-electron chi connectivity index (χ4n) is 3.26. The highest BCUT2D eigenvalue weighted by molar-refractivity contribution is 7.99. The molecule has 2 N–H and O–H groups in total. The summed E-state index contributed by atoms with van der Waals surface area (Å²) in [7, 11) is 0. The number of hydrogen-bond acceptors (Lipinski definition) is 5. The Kier molecular flexibility index (Phi) is 5.67. The van der Waals surface area contributed by atoms with Gasteiger partial charge in [-0.05, 0) is 57.2 Å². The molecule has 0 radical (unpaired) electrons. The van der Waals surface area contributed by atoms with E-state index < -0.39 is 0 Å². The number of nitrogens with zero attached hydrogens (tertiary/aromatic N) is 2. The van der Waals surface area contributed by atoms with Crippen LogP contribution in [0, 0.1) is 5.92 Å². The quantitative estimate of drug-likeness (QED) is 0.812. The van der Waals surface area contributed by atoms with Gasteiger partial charge in [0.15, 0.2) is 5.16 Å². The van der Waals surface area contributed by atoms with Gasteiger partial charge in [-0.15, -0.1) is 0 Å². The van der Waals surface area contributed by atoms with Crippen LogP contribution in [0.5, 0.6) is 0 Å². The number of aromatic nitrogens is 2. The van der Waals surface area contributed by atoms with Crippen molar-refractivity contribution in [1.82, 2.24) is 20.6 Å². The van der Waals surface area contributed by atoms with Gasteiger partial charge in [-0.2, -0.15) is 0 Å². The van der Waals surface area contributed by atoms with Crippen LogP contribution in [0.25, 0.3) is 0 Å². The van der Waals surface area contributed by atoms with Crippen molar-refractivity contribution in [2.45, 2.75) is 55.0 Å². The van der Waals surface area contributed by atoms with Crippen molar-refractivity contribution >= 4 is 17.7 Å². The summed E-state index contributed by atoms with van der Waals surface area (Å²) in [6.45, 7) is 2.05. The lowest BCUT2D eigenvalue weighted by Crippen LogP contribution is -2.39. The van der Waals surface area contributed by atoms with Crippen LogP contribution in [-0.4, -0.2) is 40.3 Å². The lowest BCUT2D eigenvalue weighted by molar-refractivity contribution is -0.122. The Labute approximate surface area is 136 Å². The van der Waals surface area contributed by atoms with Crippen molar-refractivity contribution in [3.8, 4) is 0 Å². The number of carbonyl (C=O) groups excluding carboxylic acids is 1. The summed E-state index contributed by atoms with van der Waals surface area (Å²) in [5.41, 5.74) is 0. The van der Waals surface area contributed by atoms with Gasteiger partial charge in [-0.1, -0.05) is 11.8 Å². The van der Waals surface area contributed by atoms with Crippen LogP contribution < -0.4 is 10.6 Å². The van der Waals surface area contributed by atoms with E-state index in [1.807, 2.05) is 6.07 Å². The smallest absolute Gasteiger partial charge is 0.220 e. The van der Waals surface area contributed by atoms with Crippen LogP contribution in [0.3, 0.4) is 0 Å². The normalized spacial score (nSPS) is 28.5. The molecule has 1 aromatic rings. The molecular formula is C16H24N4OS. The van der Waals surface area contributed by atoms with Crippen LogP contribution in [0.1, 0.15) is 38.5 Å². The average Bonchev–Trinajstić information content (AvgIpc) is 3.03. The Morgan fingerprint density at radius 1 is 1.23 bits per heavy atom. The van der Waals surface area contributed by atoms with Gasteiger partial charge in [-0.25, -0.2) is 9.97 Å². The van der Waals surface area contributed by atoms with E-state index >= 15 is 0 Å². The van der Waals surface area contributed by atoms with E-state index in [9.17, 15) is 4.79 Å². The summed E-state index contributed by atoms with van der Waals surface area (Å²) in [5.74, 6) is 0.762. The molecule has 1 aliphatic carbocycles. The molecule has 2 aliphatic rings. The molecule has 1 aromatic heterocycles. The predicted molar refractivity (Wildman–Crippen MR) is 87.7 cm³/mol. The first-order chi connectivity index (χ1) is 10.8. The molecule has 3 rings (SSSR count). The molecule has 6 heteroatoms. The molecule has 2 fully saturated rings. The summed E-state index contributed by atoms with van der Waals surface area (Å²) < 4.78 is 0. The van der Waals surface area contributed by atoms with E-state index in [1.54, 1.807) is 24.2 Å². The Morgan fingerprint density at radius 2 is 2.00 bits per heavy atom. The van der Waals surface area contributed by atoms with Gasteiger partial charge >= 0.3 is 0 Å². The minimum absolute atomic E-state index is 0.233. The summed E-state index contributed by atoms with van der Waals surface area (Å²) in [6, 6.07) is 2.20. The first-order valence-electron chi connectivity index (χ1n) is 8.23. The Balaban J connectivity index is 1.37. The SMILES string of the molecule is O=C(CC1CCNC1)NC1CCC(Sc2ncccn2)CC1. The van der Waals surface area contributed by atoms with Crippen molar-refractivity contribution in [2.24, 2.45) is 5.92 Å². The van der Waals surface area contributed by atoms with E-state index in [0.717, 1.165) is 50.4 Å². The molecule has 0 bridgehead atoms. The van der Waals surface area contributed by atoms with E-state index in [4.69, 9.17) is 0 Å². The maximum Gasteiger partial charge on any atom is 0.220 e. The number of amides is 1. The van der Waals surface area contributed by atoms with Crippen molar-refractivity contribution in [1.29, 1.82) is 0 Å². The summed E-state index contributed by atoms with van der Waals surface area (Å²) in [5, 5.41) is 7.98. The van der Waals surface area contributed by atoms with Gasteiger partial charge in [0.2, 0.25) is 5.91 Å². The van der Waals surface area contributed by atoms with Crippen LogP contribution >= 0.6 is 11.8 Å². The predicted octanol–water partition coefficient (Wildman–Crippen LogP) is 2.00. The average molecular weight is 320 g/mol. The van der Waals surface area contributed by atoms with E-state index in [2.05, 4.69) is 20.6 Å². The molecule has 1 saturated heterocycles. The van der Waals surface area contributed by atoms with Crippen LogP contribution in [0.15, 0.2) is 23.6 Å². The molecule has 1 saturated carbocycles. The second kappa shape index (κ2) is 7.92. The molecule has 2 heterocycles. The summed E-state index contributed by atoms with van der Waals surface area (Å²) in [4.78, 5) is 20.6. The van der Waals surface area contributed by atoms with Crippen LogP contribution in [0.2, 0.25) is 0 Å². The van der Waals surface area contributed by atoms with Gasteiger partial charge in [-0.3, -0.25) is 4.79 Å². The van der Waals surface area contributed by atoms with E-state index in [-0.39, 0.29) is 5.91 Å². The number of carbonyl (C=O) groups is 1. The summed E-state index contributed by atoms with van der Waals surface area (Å²) >= 11 is 1.77. The second-order valence-electron chi connectivity index (χ2n) is 6.25. The molecule has 0 aromatic carbocycles. The Morgan fingerprint density at radius 3 is 2.68 bits per heavy atom. The minimum Gasteiger partial charge on any atom is -0.353 e. The highest BCUT2D eigenvalue weighted by Gasteiger charge is 2.25. The zero-order valence-corrected chi connectivity index (χ0v) is 13.6. The lowest BCUT2D eigenvalue weighted by Gasteiger charge is -2.28. The molecule has 22 heavy (non-hydrogen) atoms. The maximum absolute atomic E-state index is 12.1. The van der Waals surface area contributed by atoms with Crippen molar-refractivity contribution in [3.63, 3.8) is 0 Å². The third kappa shape index (κ3) is 4.68. The number of hydrogen-bond donors (Lipinski definition) is 2. The largest absolute Gasteiger partial charge is 0.353 e. The van der Waals surface area contributed by atoms with Gasteiger partial charge in [0.25, 0.3) is 0 Å². The third-order valence-electron chi connectivity index (χ3n) is 4.49. The van der Waals surface area contributed by atoms with E-state index in [1.165, 1.54) is 0 Å². The number of thioether (sulfide) groups is 1.